The van der Waals surface area contributed by atoms with Gasteiger partial charge in [0.15, 0.2) is 11.5 Å². The number of nitrogens with zero attached hydrogens (tertiary/aromatic N) is 3. The van der Waals surface area contributed by atoms with Crippen LogP contribution in [0.3, 0.4) is 0 Å². The maximum Gasteiger partial charge on any atom is 0.253 e. The van der Waals surface area contributed by atoms with Crippen molar-refractivity contribution in [3.8, 4) is 11.5 Å². The van der Waals surface area contributed by atoms with Gasteiger partial charge in [0.25, 0.3) is 5.91 Å². The summed E-state index contributed by atoms with van der Waals surface area (Å²) in [5.74, 6) is 1.48. The van der Waals surface area contributed by atoms with Gasteiger partial charge in [-0.15, -0.1) is 0 Å². The van der Waals surface area contributed by atoms with Crippen LogP contribution in [0.25, 0.3) is 11.0 Å². The van der Waals surface area contributed by atoms with E-state index in [-0.39, 0.29) is 11.8 Å². The van der Waals surface area contributed by atoms with Crippen molar-refractivity contribution >= 4 is 22.8 Å². The molecule has 2 aromatic carbocycles. The van der Waals surface area contributed by atoms with Gasteiger partial charge in [-0.25, -0.2) is 4.98 Å². The molecule has 1 aromatic heterocycles. The number of methoxy groups -OCH3 is 1. The van der Waals surface area contributed by atoms with Crippen molar-refractivity contribution in [3.63, 3.8) is 0 Å². The molecule has 33 heavy (non-hydrogen) atoms. The maximum atomic E-state index is 13.0. The molecule has 4 rings (SSSR count). The molecule has 1 saturated heterocycles. The van der Waals surface area contributed by atoms with E-state index < -0.39 is 0 Å². The van der Waals surface area contributed by atoms with Gasteiger partial charge in [0.1, 0.15) is 0 Å². The smallest absolute Gasteiger partial charge is 0.253 e. The second-order valence-corrected chi connectivity index (χ2v) is 8.08. The Morgan fingerprint density at radius 1 is 1.03 bits per heavy atom. The van der Waals surface area contributed by atoms with Crippen LogP contribution < -0.4 is 9.47 Å². The minimum atomic E-state index is -0.0118. The molecule has 0 bridgehead atoms. The Hall–Kier alpha value is -3.55. The molecule has 0 aliphatic carbocycles. The third kappa shape index (κ3) is 5.27. The van der Waals surface area contributed by atoms with Crippen molar-refractivity contribution in [1.29, 1.82) is 0 Å². The molecule has 0 spiro atoms. The number of ether oxygens (including phenoxy) is 2. The van der Waals surface area contributed by atoms with Crippen molar-refractivity contribution in [2.45, 2.75) is 26.2 Å². The SMILES string of the molecule is CCOc1ccc(CCC(=O)N2CCCN(C(=O)c3ccc4nc[nH]c4c3)CC2)cc1OC. The average molecular weight is 451 g/mol. The van der Waals surface area contributed by atoms with Crippen molar-refractivity contribution in [1.82, 2.24) is 19.8 Å². The van der Waals surface area contributed by atoms with E-state index in [1.54, 1.807) is 13.4 Å². The largest absolute Gasteiger partial charge is 0.493 e. The first-order chi connectivity index (χ1) is 16.1. The van der Waals surface area contributed by atoms with Gasteiger partial charge >= 0.3 is 0 Å². The number of H-pyrrole nitrogens is 1. The van der Waals surface area contributed by atoms with Crippen molar-refractivity contribution in [3.05, 3.63) is 53.9 Å². The summed E-state index contributed by atoms with van der Waals surface area (Å²) < 4.78 is 11.0. The van der Waals surface area contributed by atoms with E-state index in [9.17, 15) is 9.59 Å². The zero-order chi connectivity index (χ0) is 23.2. The van der Waals surface area contributed by atoms with Gasteiger partial charge in [0, 0.05) is 38.2 Å². The second-order valence-electron chi connectivity index (χ2n) is 8.08. The molecule has 8 heteroatoms. The first-order valence-corrected chi connectivity index (χ1v) is 11.4. The fraction of sp³-hybridized carbons (Fsp3) is 0.400. The molecule has 8 nitrogen and oxygen atoms in total. The van der Waals surface area contributed by atoms with E-state index in [0.717, 1.165) is 23.0 Å². The number of benzene rings is 2. The quantitative estimate of drug-likeness (QED) is 0.597. The van der Waals surface area contributed by atoms with Gasteiger partial charge in [-0.3, -0.25) is 9.59 Å². The highest BCUT2D eigenvalue weighted by molar-refractivity contribution is 5.97. The number of rotatable bonds is 7. The Morgan fingerprint density at radius 3 is 2.67 bits per heavy atom. The number of nitrogens with one attached hydrogen (secondary N) is 1. The minimum absolute atomic E-state index is 0.0118. The monoisotopic (exact) mass is 450 g/mol. The molecule has 1 fully saturated rings. The van der Waals surface area contributed by atoms with E-state index in [0.29, 0.717) is 62.7 Å². The second kappa shape index (κ2) is 10.4. The number of aromatic nitrogens is 2. The predicted molar refractivity (Wildman–Crippen MR) is 126 cm³/mol. The summed E-state index contributed by atoms with van der Waals surface area (Å²) in [7, 11) is 1.62. The van der Waals surface area contributed by atoms with E-state index in [4.69, 9.17) is 9.47 Å². The lowest BCUT2D eigenvalue weighted by Crippen LogP contribution is -2.37. The van der Waals surface area contributed by atoms with E-state index in [1.807, 2.05) is 53.1 Å². The highest BCUT2D eigenvalue weighted by Crippen LogP contribution is 2.28. The molecule has 2 heterocycles. The number of fused-ring (bicyclic) bond motifs is 1. The number of imidazole rings is 1. The normalized spacial score (nSPS) is 14.2. The number of carbonyl (C=O) groups excluding carboxylic acids is 2. The molecule has 0 unspecified atom stereocenters. The summed E-state index contributed by atoms with van der Waals surface area (Å²) in [6.45, 7) is 4.88. The van der Waals surface area contributed by atoms with Crippen LogP contribution in [0.2, 0.25) is 0 Å². The van der Waals surface area contributed by atoms with Gasteiger partial charge in [-0.05, 0) is 55.7 Å². The molecule has 1 aliphatic heterocycles. The van der Waals surface area contributed by atoms with Crippen LogP contribution in [0.4, 0.5) is 0 Å². The zero-order valence-corrected chi connectivity index (χ0v) is 19.2. The highest BCUT2D eigenvalue weighted by Gasteiger charge is 2.23. The van der Waals surface area contributed by atoms with Crippen LogP contribution in [0, 0.1) is 0 Å². The van der Waals surface area contributed by atoms with Gasteiger partial charge in [-0.2, -0.15) is 0 Å². The number of carbonyl (C=O) groups is 2. The first kappa shape index (κ1) is 22.6. The molecule has 3 aromatic rings. The van der Waals surface area contributed by atoms with E-state index >= 15 is 0 Å². The molecule has 1 N–H and O–H groups in total. The lowest BCUT2D eigenvalue weighted by molar-refractivity contribution is -0.131. The predicted octanol–water partition coefficient (Wildman–Crippen LogP) is 3.28. The average Bonchev–Trinajstić information content (AvgIpc) is 3.17. The fourth-order valence-corrected chi connectivity index (χ4v) is 4.17. The highest BCUT2D eigenvalue weighted by atomic mass is 16.5. The molecule has 0 radical (unpaired) electrons. The molecule has 174 valence electrons. The van der Waals surface area contributed by atoms with E-state index in [1.165, 1.54) is 0 Å². The summed E-state index contributed by atoms with van der Waals surface area (Å²) >= 11 is 0. The Kier molecular flexibility index (Phi) is 7.12. The van der Waals surface area contributed by atoms with Crippen LogP contribution in [0.1, 0.15) is 35.7 Å². The molecule has 2 amide bonds. The van der Waals surface area contributed by atoms with Crippen LogP contribution in [-0.2, 0) is 11.2 Å². The Morgan fingerprint density at radius 2 is 1.85 bits per heavy atom. The number of aromatic amines is 1. The summed E-state index contributed by atoms with van der Waals surface area (Å²) in [5, 5.41) is 0. The third-order valence-corrected chi connectivity index (χ3v) is 5.96. The lowest BCUT2D eigenvalue weighted by Gasteiger charge is -2.22. The Balaban J connectivity index is 1.32. The summed E-state index contributed by atoms with van der Waals surface area (Å²) in [5.41, 5.74) is 3.35. The maximum absolute atomic E-state index is 13.0. The standard InChI is InChI=1S/C25H30N4O4/c1-3-33-22-9-5-18(15-23(22)32-2)6-10-24(30)28-11-4-12-29(14-13-28)25(31)19-7-8-20-21(16-19)27-17-26-20/h5,7-9,15-17H,3-4,6,10-14H2,1-2H3,(H,26,27). The Bertz CT molecular complexity index is 1130. The Labute approximate surface area is 193 Å². The van der Waals surface area contributed by atoms with Gasteiger partial charge in [0.05, 0.1) is 31.1 Å². The number of hydrogen-bond acceptors (Lipinski definition) is 5. The zero-order valence-electron chi connectivity index (χ0n) is 19.2. The van der Waals surface area contributed by atoms with Crippen molar-refractivity contribution in [2.75, 3.05) is 39.9 Å². The van der Waals surface area contributed by atoms with Gasteiger partial charge < -0.3 is 24.3 Å². The van der Waals surface area contributed by atoms with Crippen LogP contribution in [0.15, 0.2) is 42.7 Å². The minimum Gasteiger partial charge on any atom is -0.493 e. The summed E-state index contributed by atoms with van der Waals surface area (Å²) in [4.78, 5) is 36.8. The lowest BCUT2D eigenvalue weighted by atomic mass is 10.1. The van der Waals surface area contributed by atoms with Gasteiger partial charge in [0.2, 0.25) is 5.91 Å². The molecular weight excluding hydrogens is 420 g/mol. The van der Waals surface area contributed by atoms with Crippen LogP contribution >= 0.6 is 0 Å². The summed E-state index contributed by atoms with van der Waals surface area (Å²) in [6, 6.07) is 11.3. The molecule has 1 aliphatic rings. The topological polar surface area (TPSA) is 87.8 Å². The van der Waals surface area contributed by atoms with Crippen molar-refractivity contribution in [2.24, 2.45) is 0 Å². The fourth-order valence-electron chi connectivity index (χ4n) is 4.17. The molecule has 0 atom stereocenters. The molecule has 0 saturated carbocycles. The summed E-state index contributed by atoms with van der Waals surface area (Å²) in [6.07, 6.45) is 3.44. The third-order valence-electron chi connectivity index (χ3n) is 5.96. The molecular formula is C25H30N4O4. The van der Waals surface area contributed by atoms with Crippen LogP contribution in [-0.4, -0.2) is 71.5 Å². The number of aryl methyl sites for hydroxylation is 1. The first-order valence-electron chi connectivity index (χ1n) is 11.4. The number of amides is 2. The van der Waals surface area contributed by atoms with Crippen LogP contribution in [0.5, 0.6) is 11.5 Å². The van der Waals surface area contributed by atoms with E-state index in [2.05, 4.69) is 9.97 Å². The number of hydrogen-bond donors (Lipinski definition) is 1. The van der Waals surface area contributed by atoms with Gasteiger partial charge in [-0.1, -0.05) is 6.07 Å². The van der Waals surface area contributed by atoms with Crippen molar-refractivity contribution < 1.29 is 19.1 Å².